The van der Waals surface area contributed by atoms with Crippen molar-refractivity contribution in [1.29, 1.82) is 0 Å². The van der Waals surface area contributed by atoms with E-state index in [9.17, 15) is 4.79 Å². The van der Waals surface area contributed by atoms with Crippen molar-refractivity contribution < 1.29 is 14.6 Å². The van der Waals surface area contributed by atoms with Gasteiger partial charge in [0.2, 0.25) is 0 Å². The van der Waals surface area contributed by atoms with Crippen LogP contribution in [0.4, 0.5) is 0 Å². The molecule has 19 heavy (non-hydrogen) atoms. The van der Waals surface area contributed by atoms with Gasteiger partial charge in [-0.25, -0.2) is 4.98 Å². The summed E-state index contributed by atoms with van der Waals surface area (Å²) in [5.74, 6) is -0.0498. The number of thiazole rings is 1. The molecule has 0 aliphatic carbocycles. The van der Waals surface area contributed by atoms with E-state index in [4.69, 9.17) is 9.84 Å². The third kappa shape index (κ3) is 3.79. The number of aliphatic carboxylic acids is 1. The lowest BCUT2D eigenvalue weighted by Crippen LogP contribution is -1.99. The average molecular weight is 277 g/mol. The van der Waals surface area contributed by atoms with Crippen LogP contribution in [0.1, 0.15) is 19.0 Å². The average Bonchev–Trinajstić information content (AvgIpc) is 2.84. The number of carbonyl (C=O) groups is 1. The van der Waals surface area contributed by atoms with Crippen LogP contribution >= 0.6 is 11.3 Å². The first-order valence-electron chi connectivity index (χ1n) is 6.08. The molecule has 0 radical (unpaired) electrons. The molecular weight excluding hydrogens is 262 g/mol. The molecule has 100 valence electrons. The zero-order chi connectivity index (χ0) is 13.7. The highest BCUT2D eigenvalue weighted by Gasteiger charge is 2.08. The van der Waals surface area contributed by atoms with E-state index in [1.165, 1.54) is 11.3 Å². The molecule has 1 aromatic carbocycles. The summed E-state index contributed by atoms with van der Waals surface area (Å²) in [6.45, 7) is 2.74. The second-order valence-corrected chi connectivity index (χ2v) is 4.95. The Labute approximate surface area is 115 Å². The number of carboxylic acids is 1. The fourth-order valence-corrected chi connectivity index (χ4v) is 2.43. The summed E-state index contributed by atoms with van der Waals surface area (Å²) in [5, 5.41) is 11.3. The Morgan fingerprint density at radius 3 is 3.05 bits per heavy atom. The van der Waals surface area contributed by atoms with Gasteiger partial charge in [-0.3, -0.25) is 4.79 Å². The third-order valence-electron chi connectivity index (χ3n) is 2.44. The molecule has 0 saturated carbocycles. The van der Waals surface area contributed by atoms with E-state index in [0.717, 1.165) is 22.7 Å². The standard InChI is InChI=1S/C14H15NO3S/c1-2-6-18-12-5-3-4-10(7-12)14-15-11(9-19-14)8-13(16)17/h3-5,7,9H,2,6,8H2,1H3,(H,16,17). The molecule has 0 aliphatic heterocycles. The maximum absolute atomic E-state index is 10.6. The topological polar surface area (TPSA) is 59.4 Å². The highest BCUT2D eigenvalue weighted by atomic mass is 32.1. The van der Waals surface area contributed by atoms with Gasteiger partial charge in [0, 0.05) is 10.9 Å². The number of hydrogen-bond acceptors (Lipinski definition) is 4. The van der Waals surface area contributed by atoms with Crippen molar-refractivity contribution in [2.45, 2.75) is 19.8 Å². The van der Waals surface area contributed by atoms with Gasteiger partial charge < -0.3 is 9.84 Å². The summed E-state index contributed by atoms with van der Waals surface area (Å²) in [7, 11) is 0. The summed E-state index contributed by atoms with van der Waals surface area (Å²) in [4.78, 5) is 15.0. The van der Waals surface area contributed by atoms with Crippen LogP contribution < -0.4 is 4.74 Å². The van der Waals surface area contributed by atoms with Gasteiger partial charge in [-0.1, -0.05) is 19.1 Å². The SMILES string of the molecule is CCCOc1cccc(-c2nc(CC(=O)O)cs2)c1. The minimum Gasteiger partial charge on any atom is -0.494 e. The lowest BCUT2D eigenvalue weighted by molar-refractivity contribution is -0.136. The molecule has 0 spiro atoms. The summed E-state index contributed by atoms with van der Waals surface area (Å²) in [6.07, 6.45) is 0.923. The van der Waals surface area contributed by atoms with Gasteiger partial charge in [0.05, 0.1) is 18.7 Å². The predicted molar refractivity (Wildman–Crippen MR) is 74.7 cm³/mol. The number of carboxylic acid groups (broad SMARTS) is 1. The zero-order valence-electron chi connectivity index (χ0n) is 10.6. The first kappa shape index (κ1) is 13.5. The molecule has 1 N–H and O–H groups in total. The van der Waals surface area contributed by atoms with E-state index in [-0.39, 0.29) is 6.42 Å². The highest BCUT2D eigenvalue weighted by Crippen LogP contribution is 2.27. The quantitative estimate of drug-likeness (QED) is 0.880. The number of ether oxygens (including phenoxy) is 1. The Bertz CT molecular complexity index is 565. The van der Waals surface area contributed by atoms with Crippen molar-refractivity contribution in [1.82, 2.24) is 4.98 Å². The molecule has 1 heterocycles. The fourth-order valence-electron chi connectivity index (χ4n) is 1.61. The van der Waals surface area contributed by atoms with Gasteiger partial charge in [0.1, 0.15) is 10.8 Å². The van der Waals surface area contributed by atoms with Crippen molar-refractivity contribution >= 4 is 17.3 Å². The van der Waals surface area contributed by atoms with Gasteiger partial charge in [-0.05, 0) is 18.6 Å². The van der Waals surface area contributed by atoms with Crippen LogP contribution in [0.15, 0.2) is 29.6 Å². The second-order valence-electron chi connectivity index (χ2n) is 4.09. The molecule has 1 aromatic heterocycles. The molecule has 0 fully saturated rings. The number of benzene rings is 1. The molecule has 5 heteroatoms. The molecule has 2 rings (SSSR count). The summed E-state index contributed by atoms with van der Waals surface area (Å²) in [5.41, 5.74) is 1.54. The molecule has 0 saturated heterocycles. The van der Waals surface area contributed by atoms with Gasteiger partial charge >= 0.3 is 5.97 Å². The van der Waals surface area contributed by atoms with Gasteiger partial charge in [0.15, 0.2) is 0 Å². The van der Waals surface area contributed by atoms with Crippen molar-refractivity contribution in [2.75, 3.05) is 6.61 Å². The molecule has 0 unspecified atom stereocenters. The van der Waals surface area contributed by atoms with Gasteiger partial charge in [0.25, 0.3) is 0 Å². The maximum Gasteiger partial charge on any atom is 0.309 e. The second kappa shape index (κ2) is 6.33. The van der Waals surface area contributed by atoms with Gasteiger partial charge in [-0.15, -0.1) is 11.3 Å². The Hall–Kier alpha value is -1.88. The largest absolute Gasteiger partial charge is 0.494 e. The smallest absolute Gasteiger partial charge is 0.309 e. The first-order valence-corrected chi connectivity index (χ1v) is 6.96. The summed E-state index contributed by atoms with van der Waals surface area (Å²) >= 11 is 1.45. The minimum atomic E-state index is -0.864. The molecular formula is C14H15NO3S. The number of hydrogen-bond donors (Lipinski definition) is 1. The number of nitrogens with zero attached hydrogens (tertiary/aromatic N) is 1. The van der Waals surface area contributed by atoms with Crippen molar-refractivity contribution in [2.24, 2.45) is 0 Å². The van der Waals surface area contributed by atoms with Crippen molar-refractivity contribution in [3.05, 3.63) is 35.3 Å². The number of aromatic nitrogens is 1. The fraction of sp³-hybridized carbons (Fsp3) is 0.286. The van der Waals surface area contributed by atoms with E-state index in [1.54, 1.807) is 5.38 Å². The lowest BCUT2D eigenvalue weighted by Gasteiger charge is -2.05. The monoisotopic (exact) mass is 277 g/mol. The molecule has 0 aliphatic rings. The van der Waals surface area contributed by atoms with Crippen LogP contribution in [0.25, 0.3) is 10.6 Å². The van der Waals surface area contributed by atoms with Gasteiger partial charge in [-0.2, -0.15) is 0 Å². The summed E-state index contributed by atoms with van der Waals surface area (Å²) in [6, 6.07) is 7.70. The van der Waals surface area contributed by atoms with E-state index >= 15 is 0 Å². The Morgan fingerprint density at radius 1 is 1.47 bits per heavy atom. The lowest BCUT2D eigenvalue weighted by atomic mass is 10.2. The Kier molecular flexibility index (Phi) is 4.52. The van der Waals surface area contributed by atoms with E-state index in [0.29, 0.717) is 12.3 Å². The normalized spacial score (nSPS) is 10.4. The van der Waals surface area contributed by atoms with Crippen LogP contribution in [-0.4, -0.2) is 22.7 Å². The summed E-state index contributed by atoms with van der Waals surface area (Å²) < 4.78 is 5.57. The molecule has 4 nitrogen and oxygen atoms in total. The van der Waals surface area contributed by atoms with E-state index in [2.05, 4.69) is 11.9 Å². The van der Waals surface area contributed by atoms with Crippen LogP contribution in [0, 0.1) is 0 Å². The Morgan fingerprint density at radius 2 is 2.32 bits per heavy atom. The van der Waals surface area contributed by atoms with Crippen molar-refractivity contribution in [3.63, 3.8) is 0 Å². The van der Waals surface area contributed by atoms with Crippen LogP contribution in [0.3, 0.4) is 0 Å². The van der Waals surface area contributed by atoms with Crippen LogP contribution in [-0.2, 0) is 11.2 Å². The molecule has 0 atom stereocenters. The highest BCUT2D eigenvalue weighted by molar-refractivity contribution is 7.13. The minimum absolute atomic E-state index is 0.0392. The molecule has 0 bridgehead atoms. The Balaban J connectivity index is 2.16. The maximum atomic E-state index is 10.6. The van der Waals surface area contributed by atoms with Crippen molar-refractivity contribution in [3.8, 4) is 16.3 Å². The zero-order valence-corrected chi connectivity index (χ0v) is 11.4. The number of rotatable bonds is 6. The first-order chi connectivity index (χ1) is 9.19. The molecule has 0 amide bonds. The van der Waals surface area contributed by atoms with Crippen LogP contribution in [0.2, 0.25) is 0 Å². The predicted octanol–water partition coefficient (Wildman–Crippen LogP) is 3.23. The third-order valence-corrected chi connectivity index (χ3v) is 3.38. The van der Waals surface area contributed by atoms with Crippen LogP contribution in [0.5, 0.6) is 5.75 Å². The van der Waals surface area contributed by atoms with E-state index in [1.807, 2.05) is 24.3 Å². The van der Waals surface area contributed by atoms with E-state index < -0.39 is 5.97 Å². The molecule has 2 aromatic rings.